The number of hydrogen-bond acceptors (Lipinski definition) is 3. The SMILES string of the molecule is Cc1ccc(CN(CC(=O)O)C(=O)Cc2ccc3c(c2)CC(C)(Cc2ccc(Cl)c(F)c2)O3)cc1. The van der Waals surface area contributed by atoms with Crippen LogP contribution in [0.15, 0.2) is 60.7 Å². The molecule has 0 aromatic heterocycles. The van der Waals surface area contributed by atoms with E-state index >= 15 is 0 Å². The van der Waals surface area contributed by atoms with Crippen molar-refractivity contribution in [3.05, 3.63) is 99.3 Å². The van der Waals surface area contributed by atoms with E-state index in [2.05, 4.69) is 0 Å². The molecule has 35 heavy (non-hydrogen) atoms. The molecule has 0 radical (unpaired) electrons. The van der Waals surface area contributed by atoms with Crippen molar-refractivity contribution >= 4 is 23.5 Å². The van der Waals surface area contributed by atoms with Crippen LogP contribution in [0.3, 0.4) is 0 Å². The third kappa shape index (κ3) is 6.20. The van der Waals surface area contributed by atoms with Crippen molar-refractivity contribution < 1.29 is 23.8 Å². The quantitative estimate of drug-likeness (QED) is 0.455. The van der Waals surface area contributed by atoms with Crippen molar-refractivity contribution in [1.82, 2.24) is 4.90 Å². The van der Waals surface area contributed by atoms with Gasteiger partial charge in [0.1, 0.15) is 23.7 Å². The zero-order valence-electron chi connectivity index (χ0n) is 19.7. The number of aliphatic carboxylic acids is 1. The largest absolute Gasteiger partial charge is 0.487 e. The zero-order chi connectivity index (χ0) is 25.2. The van der Waals surface area contributed by atoms with Crippen molar-refractivity contribution in [2.24, 2.45) is 0 Å². The van der Waals surface area contributed by atoms with E-state index < -0.39 is 17.4 Å². The summed E-state index contributed by atoms with van der Waals surface area (Å²) in [4.78, 5) is 25.8. The monoisotopic (exact) mass is 495 g/mol. The molecule has 0 spiro atoms. The molecule has 0 saturated heterocycles. The molecule has 1 aliphatic heterocycles. The average Bonchev–Trinajstić information content (AvgIpc) is 3.12. The summed E-state index contributed by atoms with van der Waals surface area (Å²) >= 11 is 5.80. The summed E-state index contributed by atoms with van der Waals surface area (Å²) in [6.45, 7) is 3.81. The number of benzene rings is 3. The van der Waals surface area contributed by atoms with Gasteiger partial charge in [0, 0.05) is 19.4 Å². The molecule has 3 aromatic rings. The van der Waals surface area contributed by atoms with Gasteiger partial charge in [-0.05, 0) is 54.3 Å². The van der Waals surface area contributed by atoms with Gasteiger partial charge in [0.05, 0.1) is 11.4 Å². The molecule has 1 N–H and O–H groups in total. The minimum Gasteiger partial charge on any atom is -0.487 e. The number of amides is 1. The lowest BCUT2D eigenvalue weighted by molar-refractivity contribution is -0.144. The Kier molecular flexibility index (Phi) is 7.13. The van der Waals surface area contributed by atoms with E-state index in [4.69, 9.17) is 16.3 Å². The highest BCUT2D eigenvalue weighted by Gasteiger charge is 2.35. The van der Waals surface area contributed by atoms with Gasteiger partial charge in [0.2, 0.25) is 5.91 Å². The average molecular weight is 496 g/mol. The Labute approximate surface area is 209 Å². The van der Waals surface area contributed by atoms with Crippen LogP contribution in [0.4, 0.5) is 4.39 Å². The molecule has 1 aliphatic rings. The van der Waals surface area contributed by atoms with Crippen LogP contribution in [-0.2, 0) is 35.4 Å². The molecule has 0 saturated carbocycles. The highest BCUT2D eigenvalue weighted by Crippen LogP contribution is 2.38. The first-order chi connectivity index (χ1) is 16.6. The molecular weight excluding hydrogens is 469 g/mol. The summed E-state index contributed by atoms with van der Waals surface area (Å²) in [5, 5.41) is 9.40. The number of ether oxygens (including phenoxy) is 1. The Morgan fingerprint density at radius 2 is 1.74 bits per heavy atom. The fourth-order valence-electron chi connectivity index (χ4n) is 4.46. The number of carboxylic acid groups (broad SMARTS) is 1. The summed E-state index contributed by atoms with van der Waals surface area (Å²) in [5.74, 6) is -1.03. The Balaban J connectivity index is 1.45. The van der Waals surface area contributed by atoms with E-state index in [9.17, 15) is 19.1 Å². The molecular formula is C28H27ClFNO4. The predicted molar refractivity (Wildman–Crippen MR) is 132 cm³/mol. The molecule has 182 valence electrons. The number of halogens is 2. The fraction of sp³-hybridized carbons (Fsp3) is 0.286. The maximum Gasteiger partial charge on any atom is 0.323 e. The van der Waals surface area contributed by atoms with Crippen molar-refractivity contribution in [1.29, 1.82) is 0 Å². The highest BCUT2D eigenvalue weighted by molar-refractivity contribution is 6.30. The van der Waals surface area contributed by atoms with Gasteiger partial charge in [-0.1, -0.05) is 59.6 Å². The Morgan fingerprint density at radius 1 is 1.06 bits per heavy atom. The van der Waals surface area contributed by atoms with Gasteiger partial charge in [-0.2, -0.15) is 0 Å². The summed E-state index contributed by atoms with van der Waals surface area (Å²) in [6, 6.07) is 18.0. The molecule has 4 rings (SSSR count). The van der Waals surface area contributed by atoms with Gasteiger partial charge in [0.15, 0.2) is 0 Å². The summed E-state index contributed by atoms with van der Waals surface area (Å²) < 4.78 is 20.1. The van der Waals surface area contributed by atoms with Gasteiger partial charge in [-0.15, -0.1) is 0 Å². The van der Waals surface area contributed by atoms with Crippen LogP contribution >= 0.6 is 11.6 Å². The van der Waals surface area contributed by atoms with E-state index in [1.807, 2.05) is 56.3 Å². The number of carbonyl (C=O) groups excluding carboxylic acids is 1. The number of carboxylic acids is 1. The Hall–Kier alpha value is -3.38. The van der Waals surface area contributed by atoms with E-state index in [1.165, 1.54) is 11.0 Å². The summed E-state index contributed by atoms with van der Waals surface area (Å²) in [6.07, 6.45) is 1.20. The number of rotatable bonds is 8. The third-order valence-corrected chi connectivity index (χ3v) is 6.44. The van der Waals surface area contributed by atoms with Gasteiger partial charge < -0.3 is 14.7 Å². The number of hydrogen-bond donors (Lipinski definition) is 1. The Bertz CT molecular complexity index is 1260. The van der Waals surface area contributed by atoms with Crippen LogP contribution in [0, 0.1) is 12.7 Å². The lowest BCUT2D eigenvalue weighted by Crippen LogP contribution is -2.36. The van der Waals surface area contributed by atoms with Crippen LogP contribution < -0.4 is 4.74 Å². The molecule has 0 fully saturated rings. The molecule has 0 bridgehead atoms. The van der Waals surface area contributed by atoms with Crippen molar-refractivity contribution in [3.8, 4) is 5.75 Å². The second kappa shape index (κ2) is 10.1. The van der Waals surface area contributed by atoms with Gasteiger partial charge in [-0.3, -0.25) is 9.59 Å². The lowest BCUT2D eigenvalue weighted by atomic mass is 9.91. The predicted octanol–water partition coefficient (Wildman–Crippen LogP) is 5.38. The molecule has 5 nitrogen and oxygen atoms in total. The fourth-order valence-corrected chi connectivity index (χ4v) is 4.58. The number of aryl methyl sites for hydroxylation is 1. The lowest BCUT2D eigenvalue weighted by Gasteiger charge is -2.24. The van der Waals surface area contributed by atoms with Crippen LogP contribution in [0.5, 0.6) is 5.75 Å². The molecule has 0 aliphatic carbocycles. The number of carbonyl (C=O) groups is 2. The minimum atomic E-state index is -1.05. The van der Waals surface area contributed by atoms with Crippen LogP contribution in [-0.4, -0.2) is 34.0 Å². The minimum absolute atomic E-state index is 0.0863. The van der Waals surface area contributed by atoms with E-state index in [0.29, 0.717) is 12.8 Å². The normalized spacial score (nSPS) is 16.5. The second-order valence-corrected chi connectivity index (χ2v) is 9.81. The van der Waals surface area contributed by atoms with E-state index in [1.54, 1.807) is 12.1 Å². The second-order valence-electron chi connectivity index (χ2n) is 9.40. The van der Waals surface area contributed by atoms with Crippen LogP contribution in [0.1, 0.15) is 34.7 Å². The summed E-state index contributed by atoms with van der Waals surface area (Å²) in [7, 11) is 0. The van der Waals surface area contributed by atoms with Crippen molar-refractivity contribution in [3.63, 3.8) is 0 Å². The topological polar surface area (TPSA) is 66.8 Å². The molecule has 1 atom stereocenters. The van der Waals surface area contributed by atoms with Crippen molar-refractivity contribution in [2.75, 3.05) is 6.54 Å². The summed E-state index contributed by atoms with van der Waals surface area (Å²) in [5.41, 5.74) is 3.97. The number of fused-ring (bicyclic) bond motifs is 1. The first-order valence-corrected chi connectivity index (χ1v) is 11.8. The highest BCUT2D eigenvalue weighted by atomic mass is 35.5. The standard InChI is InChI=1S/C28H27ClFNO4/c1-18-3-5-19(6-4-18)16-31(17-27(33)34)26(32)13-20-8-10-25-22(11-20)15-28(2,35-25)14-21-7-9-23(29)24(30)12-21/h3-12H,13-17H2,1-2H3,(H,33,34). The number of nitrogens with zero attached hydrogens (tertiary/aromatic N) is 1. The molecule has 1 unspecified atom stereocenters. The zero-order valence-corrected chi connectivity index (χ0v) is 20.4. The van der Waals surface area contributed by atoms with Crippen molar-refractivity contribution in [2.45, 2.75) is 45.3 Å². The third-order valence-electron chi connectivity index (χ3n) is 6.14. The maximum atomic E-state index is 13.9. The van der Waals surface area contributed by atoms with Gasteiger partial charge in [0.25, 0.3) is 0 Å². The van der Waals surface area contributed by atoms with Crippen LogP contribution in [0.25, 0.3) is 0 Å². The van der Waals surface area contributed by atoms with E-state index in [-0.39, 0.29) is 30.4 Å². The molecule has 7 heteroatoms. The first-order valence-electron chi connectivity index (χ1n) is 11.4. The van der Waals surface area contributed by atoms with Gasteiger partial charge in [-0.25, -0.2) is 4.39 Å². The van der Waals surface area contributed by atoms with Crippen LogP contribution in [0.2, 0.25) is 5.02 Å². The van der Waals surface area contributed by atoms with E-state index in [0.717, 1.165) is 33.6 Å². The molecule has 1 amide bonds. The smallest absolute Gasteiger partial charge is 0.323 e. The first kappa shape index (κ1) is 24.7. The molecule has 3 aromatic carbocycles. The Morgan fingerprint density at radius 3 is 2.43 bits per heavy atom. The van der Waals surface area contributed by atoms with Gasteiger partial charge >= 0.3 is 5.97 Å². The maximum absolute atomic E-state index is 13.9. The molecule has 1 heterocycles.